The van der Waals surface area contributed by atoms with Gasteiger partial charge < -0.3 is 4.74 Å². The summed E-state index contributed by atoms with van der Waals surface area (Å²) in [7, 11) is 1.59. The maximum absolute atomic E-state index is 4.93. The van der Waals surface area contributed by atoms with E-state index in [1.165, 1.54) is 0 Å². The van der Waals surface area contributed by atoms with Crippen LogP contribution in [0.25, 0.3) is 0 Å². The van der Waals surface area contributed by atoms with Gasteiger partial charge in [0.05, 0.1) is 25.2 Å². The van der Waals surface area contributed by atoms with E-state index in [9.17, 15) is 0 Å². The predicted octanol–water partition coefficient (Wildman–Crippen LogP) is 2.07. The molecule has 3 nitrogen and oxygen atoms in total. The van der Waals surface area contributed by atoms with Crippen LogP contribution >= 0.6 is 0 Å². The SMILES string of the molecule is COc1cnc(CC(C)(C)C)cn1. The van der Waals surface area contributed by atoms with Gasteiger partial charge in [-0.05, 0) is 11.8 Å². The van der Waals surface area contributed by atoms with Crippen molar-refractivity contribution >= 4 is 0 Å². The lowest BCUT2D eigenvalue weighted by atomic mass is 9.91. The van der Waals surface area contributed by atoms with Crippen molar-refractivity contribution < 1.29 is 4.74 Å². The largest absolute Gasteiger partial charge is 0.480 e. The summed E-state index contributed by atoms with van der Waals surface area (Å²) in [6.45, 7) is 6.54. The van der Waals surface area contributed by atoms with Gasteiger partial charge in [-0.3, -0.25) is 4.98 Å². The molecule has 0 bridgehead atoms. The molecule has 0 saturated carbocycles. The molecule has 0 spiro atoms. The molecule has 0 unspecified atom stereocenters. The minimum atomic E-state index is 0.253. The Hall–Kier alpha value is -1.12. The summed E-state index contributed by atoms with van der Waals surface area (Å²) < 4.78 is 4.93. The molecule has 1 heterocycles. The Morgan fingerprint density at radius 3 is 2.31 bits per heavy atom. The molecule has 0 fully saturated rings. The second-order valence-corrected chi connectivity index (χ2v) is 4.29. The Labute approximate surface area is 79.2 Å². The van der Waals surface area contributed by atoms with E-state index in [1.54, 1.807) is 19.5 Å². The fourth-order valence-electron chi connectivity index (χ4n) is 1.08. The van der Waals surface area contributed by atoms with Crippen molar-refractivity contribution in [2.75, 3.05) is 7.11 Å². The van der Waals surface area contributed by atoms with Crippen LogP contribution in [0.4, 0.5) is 0 Å². The normalized spacial score (nSPS) is 11.4. The number of hydrogen-bond acceptors (Lipinski definition) is 3. The van der Waals surface area contributed by atoms with Gasteiger partial charge >= 0.3 is 0 Å². The fraction of sp³-hybridized carbons (Fsp3) is 0.600. The zero-order chi connectivity index (χ0) is 9.90. The Balaban J connectivity index is 2.70. The third-order valence-corrected chi connectivity index (χ3v) is 1.60. The van der Waals surface area contributed by atoms with Crippen LogP contribution in [-0.2, 0) is 6.42 Å². The van der Waals surface area contributed by atoms with Gasteiger partial charge in [0.1, 0.15) is 0 Å². The first kappa shape index (κ1) is 9.96. The molecule has 1 rings (SSSR count). The number of rotatable bonds is 2. The van der Waals surface area contributed by atoms with Crippen LogP contribution in [0.3, 0.4) is 0 Å². The Bertz CT molecular complexity index is 261. The van der Waals surface area contributed by atoms with Gasteiger partial charge in [0.2, 0.25) is 5.88 Å². The van der Waals surface area contributed by atoms with Crippen molar-refractivity contribution in [1.82, 2.24) is 9.97 Å². The van der Waals surface area contributed by atoms with Crippen molar-refractivity contribution in [3.05, 3.63) is 18.1 Å². The second-order valence-electron chi connectivity index (χ2n) is 4.29. The molecule has 0 aliphatic rings. The number of aromatic nitrogens is 2. The molecule has 0 saturated heterocycles. The Morgan fingerprint density at radius 2 is 1.92 bits per heavy atom. The highest BCUT2D eigenvalue weighted by Crippen LogP contribution is 2.19. The van der Waals surface area contributed by atoms with E-state index < -0.39 is 0 Å². The van der Waals surface area contributed by atoms with Crippen molar-refractivity contribution in [3.8, 4) is 5.88 Å². The van der Waals surface area contributed by atoms with E-state index in [0.717, 1.165) is 12.1 Å². The lowest BCUT2D eigenvalue weighted by Crippen LogP contribution is -2.10. The van der Waals surface area contributed by atoms with Crippen LogP contribution in [0.2, 0.25) is 0 Å². The van der Waals surface area contributed by atoms with Crippen molar-refractivity contribution in [3.63, 3.8) is 0 Å². The van der Waals surface area contributed by atoms with Crippen LogP contribution in [0.15, 0.2) is 12.4 Å². The van der Waals surface area contributed by atoms with Gasteiger partial charge in [-0.1, -0.05) is 20.8 Å². The van der Waals surface area contributed by atoms with E-state index in [4.69, 9.17) is 4.74 Å². The minimum absolute atomic E-state index is 0.253. The summed E-state index contributed by atoms with van der Waals surface area (Å²) in [5.41, 5.74) is 1.26. The molecule has 1 aromatic heterocycles. The zero-order valence-electron chi connectivity index (χ0n) is 8.66. The predicted molar refractivity (Wildman–Crippen MR) is 51.7 cm³/mol. The van der Waals surface area contributed by atoms with Crippen LogP contribution in [0.1, 0.15) is 26.5 Å². The van der Waals surface area contributed by atoms with Gasteiger partial charge in [-0.25, -0.2) is 4.98 Å². The highest BCUT2D eigenvalue weighted by molar-refractivity contribution is 5.07. The first-order chi connectivity index (χ1) is 6.01. The topological polar surface area (TPSA) is 35.0 Å². The monoisotopic (exact) mass is 180 g/mol. The highest BCUT2D eigenvalue weighted by atomic mass is 16.5. The summed E-state index contributed by atoms with van der Waals surface area (Å²) in [5, 5.41) is 0. The molecule has 0 N–H and O–H groups in total. The van der Waals surface area contributed by atoms with Gasteiger partial charge in [0.25, 0.3) is 0 Å². The lowest BCUT2D eigenvalue weighted by molar-refractivity contribution is 0.387. The average molecular weight is 180 g/mol. The zero-order valence-corrected chi connectivity index (χ0v) is 8.66. The van der Waals surface area contributed by atoms with Crippen molar-refractivity contribution in [2.45, 2.75) is 27.2 Å². The maximum atomic E-state index is 4.93. The van der Waals surface area contributed by atoms with E-state index >= 15 is 0 Å². The van der Waals surface area contributed by atoms with Crippen LogP contribution < -0.4 is 4.74 Å². The fourth-order valence-corrected chi connectivity index (χ4v) is 1.08. The number of ether oxygens (including phenoxy) is 1. The third-order valence-electron chi connectivity index (χ3n) is 1.60. The Kier molecular flexibility index (Phi) is 2.86. The van der Waals surface area contributed by atoms with Crippen LogP contribution in [-0.4, -0.2) is 17.1 Å². The van der Waals surface area contributed by atoms with E-state index in [-0.39, 0.29) is 5.41 Å². The molecule has 0 amide bonds. The number of methoxy groups -OCH3 is 1. The molecule has 0 radical (unpaired) electrons. The van der Waals surface area contributed by atoms with Crippen LogP contribution in [0.5, 0.6) is 5.88 Å². The summed E-state index contributed by atoms with van der Waals surface area (Å²) in [6.07, 6.45) is 4.36. The first-order valence-electron chi connectivity index (χ1n) is 4.36. The summed E-state index contributed by atoms with van der Waals surface area (Å²) in [6, 6.07) is 0. The van der Waals surface area contributed by atoms with Crippen LogP contribution in [0, 0.1) is 5.41 Å². The molecule has 0 aromatic carbocycles. The maximum Gasteiger partial charge on any atom is 0.231 e. The molecule has 0 atom stereocenters. The Morgan fingerprint density at radius 1 is 1.23 bits per heavy atom. The molecule has 1 aromatic rings. The van der Waals surface area contributed by atoms with Gasteiger partial charge in [-0.15, -0.1) is 0 Å². The van der Waals surface area contributed by atoms with Gasteiger partial charge in [0.15, 0.2) is 0 Å². The highest BCUT2D eigenvalue weighted by Gasteiger charge is 2.12. The molecular weight excluding hydrogens is 164 g/mol. The molecular formula is C10H16N2O. The molecule has 0 aliphatic carbocycles. The second kappa shape index (κ2) is 3.73. The first-order valence-corrected chi connectivity index (χ1v) is 4.36. The molecule has 0 aliphatic heterocycles. The molecule has 72 valence electrons. The summed E-state index contributed by atoms with van der Waals surface area (Å²) in [5.74, 6) is 0.567. The van der Waals surface area contributed by atoms with E-state index in [0.29, 0.717) is 5.88 Å². The molecule has 3 heteroatoms. The van der Waals surface area contributed by atoms with Gasteiger partial charge in [0, 0.05) is 0 Å². The lowest BCUT2D eigenvalue weighted by Gasteiger charge is -2.16. The smallest absolute Gasteiger partial charge is 0.231 e. The van der Waals surface area contributed by atoms with E-state index in [1.807, 2.05) is 0 Å². The van der Waals surface area contributed by atoms with Crippen molar-refractivity contribution in [1.29, 1.82) is 0 Å². The molecule has 13 heavy (non-hydrogen) atoms. The number of nitrogens with zero attached hydrogens (tertiary/aromatic N) is 2. The van der Waals surface area contributed by atoms with E-state index in [2.05, 4.69) is 30.7 Å². The third kappa shape index (κ3) is 3.40. The standard InChI is InChI=1S/C10H16N2O/c1-10(2,3)5-8-6-12-9(13-4)7-11-8/h6-7H,5H2,1-4H3. The summed E-state index contributed by atoms with van der Waals surface area (Å²) >= 11 is 0. The quantitative estimate of drug-likeness (QED) is 0.699. The minimum Gasteiger partial charge on any atom is -0.480 e. The summed E-state index contributed by atoms with van der Waals surface area (Å²) in [4.78, 5) is 8.34. The van der Waals surface area contributed by atoms with Crippen molar-refractivity contribution in [2.24, 2.45) is 5.41 Å². The average Bonchev–Trinajstić information content (AvgIpc) is 2.03. The van der Waals surface area contributed by atoms with Gasteiger partial charge in [-0.2, -0.15) is 0 Å². The number of hydrogen-bond donors (Lipinski definition) is 0.